The zero-order valence-electron chi connectivity index (χ0n) is 10.7. The smallest absolute Gasteiger partial charge is 0.105 e. The highest BCUT2D eigenvalue weighted by Gasteiger charge is 2.05. The van der Waals surface area contributed by atoms with Gasteiger partial charge < -0.3 is 0 Å². The van der Waals surface area contributed by atoms with E-state index >= 15 is 0 Å². The second-order valence-electron chi connectivity index (χ2n) is 3.67. The van der Waals surface area contributed by atoms with Crippen molar-refractivity contribution in [3.8, 4) is 0 Å². The predicted molar refractivity (Wildman–Crippen MR) is 88.6 cm³/mol. The van der Waals surface area contributed by atoms with Gasteiger partial charge in [-0.15, -0.1) is 22.7 Å². The Morgan fingerprint density at radius 2 is 1.00 bits per heavy atom. The van der Waals surface area contributed by atoms with Crippen molar-refractivity contribution in [2.24, 2.45) is 0 Å². The number of rotatable bonds is 2. The average Bonchev–Trinajstić information content (AvgIpc) is 2.69. The van der Waals surface area contributed by atoms with Crippen molar-refractivity contribution in [3.05, 3.63) is 83.6 Å². The largest absolute Gasteiger partial charge is 0.247 e. The van der Waals surface area contributed by atoms with E-state index in [4.69, 9.17) is 0 Å². The highest BCUT2D eigenvalue weighted by Crippen LogP contribution is 2.20. The van der Waals surface area contributed by atoms with Gasteiger partial charge in [0.1, 0.15) is 10.8 Å². The molecule has 0 atom stereocenters. The fourth-order valence-electron chi connectivity index (χ4n) is 1.35. The summed E-state index contributed by atoms with van der Waals surface area (Å²) < 4.78 is 14.3. The summed E-state index contributed by atoms with van der Waals surface area (Å²) in [4.78, 5) is 0. The first-order chi connectivity index (χ1) is 9.88. The second-order valence-corrected chi connectivity index (χ2v) is 7.50. The van der Waals surface area contributed by atoms with Crippen LogP contribution in [0, 0.1) is 0 Å². The Hall–Kier alpha value is -1.49. The Kier molecular flexibility index (Phi) is 6.44. The van der Waals surface area contributed by atoms with Crippen LogP contribution < -0.4 is 0 Å². The van der Waals surface area contributed by atoms with Gasteiger partial charge >= 0.3 is 0 Å². The molecule has 0 aliphatic carbocycles. The van der Waals surface area contributed by atoms with Gasteiger partial charge in [0.05, 0.1) is 8.42 Å². The third kappa shape index (κ3) is 4.89. The molecule has 0 fully saturated rings. The second kappa shape index (κ2) is 8.64. The third-order valence-electron chi connectivity index (χ3n) is 2.24. The van der Waals surface area contributed by atoms with E-state index in [0.29, 0.717) is 0 Å². The summed E-state index contributed by atoms with van der Waals surface area (Å²) in [6.07, 6.45) is 0. The fraction of sp³-hybridized carbons (Fsp3) is 0. The third-order valence-corrected chi connectivity index (χ3v) is 6.06. The SMILES string of the molecule is O=S(c1cccccccs1)c1cccccccs1. The highest BCUT2D eigenvalue weighted by atomic mass is 32.2. The molecule has 0 amide bonds. The molecule has 2 heterocycles. The monoisotopic (exact) mass is 318 g/mol. The van der Waals surface area contributed by atoms with E-state index in [0.717, 1.165) is 8.42 Å². The van der Waals surface area contributed by atoms with E-state index in [1.165, 1.54) is 22.7 Å². The van der Waals surface area contributed by atoms with Gasteiger partial charge in [0.15, 0.2) is 0 Å². The molecule has 0 saturated carbocycles. The molecular weight excluding hydrogens is 304 g/mol. The van der Waals surface area contributed by atoms with Gasteiger partial charge in [-0.3, -0.25) is 0 Å². The van der Waals surface area contributed by atoms with Crippen LogP contribution in [0.25, 0.3) is 0 Å². The van der Waals surface area contributed by atoms with Crippen LogP contribution in [0.2, 0.25) is 0 Å². The molecular formula is C16H14OS3. The van der Waals surface area contributed by atoms with Gasteiger partial charge in [-0.25, -0.2) is 4.21 Å². The molecule has 2 aromatic rings. The van der Waals surface area contributed by atoms with Crippen LogP contribution in [-0.2, 0) is 10.8 Å². The minimum atomic E-state index is -1.16. The highest BCUT2D eigenvalue weighted by molar-refractivity contribution is 7.89. The van der Waals surface area contributed by atoms with Crippen molar-refractivity contribution in [1.82, 2.24) is 0 Å². The van der Waals surface area contributed by atoms with Crippen molar-refractivity contribution in [1.29, 1.82) is 0 Å². The normalized spacial score (nSPS) is 9.65. The van der Waals surface area contributed by atoms with E-state index in [1.807, 2.05) is 83.6 Å². The summed E-state index contributed by atoms with van der Waals surface area (Å²) in [5.41, 5.74) is 0. The van der Waals surface area contributed by atoms with Crippen molar-refractivity contribution in [3.63, 3.8) is 0 Å². The maximum absolute atomic E-state index is 12.7. The quantitative estimate of drug-likeness (QED) is 0.741. The van der Waals surface area contributed by atoms with Crippen molar-refractivity contribution in [2.45, 2.75) is 8.42 Å². The molecule has 0 radical (unpaired) electrons. The summed E-state index contributed by atoms with van der Waals surface area (Å²) in [6, 6.07) is 23.2. The molecule has 0 spiro atoms. The van der Waals surface area contributed by atoms with Crippen LogP contribution in [0.15, 0.2) is 92.0 Å². The molecule has 102 valence electrons. The van der Waals surface area contributed by atoms with Gasteiger partial charge in [0.2, 0.25) is 0 Å². The van der Waals surface area contributed by atoms with Crippen molar-refractivity contribution in [2.75, 3.05) is 0 Å². The molecule has 4 heteroatoms. The summed E-state index contributed by atoms with van der Waals surface area (Å²) in [5.74, 6) is 0. The summed E-state index contributed by atoms with van der Waals surface area (Å²) in [7, 11) is -1.16. The maximum atomic E-state index is 12.7. The lowest BCUT2D eigenvalue weighted by molar-refractivity contribution is 0.685. The number of hydrogen-bond donors (Lipinski definition) is 0. The van der Waals surface area contributed by atoms with Gasteiger partial charge in [-0.05, 0) is 22.9 Å². The Morgan fingerprint density at radius 3 is 1.50 bits per heavy atom. The summed E-state index contributed by atoms with van der Waals surface area (Å²) in [5, 5.41) is 3.89. The van der Waals surface area contributed by atoms with Crippen molar-refractivity contribution >= 4 is 33.5 Å². The first-order valence-electron chi connectivity index (χ1n) is 6.03. The minimum absolute atomic E-state index is 0.828. The van der Waals surface area contributed by atoms with Crippen LogP contribution in [0.3, 0.4) is 0 Å². The molecule has 0 N–H and O–H groups in total. The molecule has 0 saturated heterocycles. The zero-order chi connectivity index (χ0) is 14.0. The average molecular weight is 318 g/mol. The van der Waals surface area contributed by atoms with Crippen LogP contribution in [0.1, 0.15) is 0 Å². The first kappa shape index (κ1) is 14.9. The van der Waals surface area contributed by atoms with Gasteiger partial charge in [-0.1, -0.05) is 60.7 Å². The van der Waals surface area contributed by atoms with E-state index in [-0.39, 0.29) is 0 Å². The first-order valence-corrected chi connectivity index (χ1v) is 8.94. The van der Waals surface area contributed by atoms with E-state index < -0.39 is 10.8 Å². The lowest BCUT2D eigenvalue weighted by atomic mass is 10.5. The lowest BCUT2D eigenvalue weighted by Gasteiger charge is -1.96. The Balaban J connectivity index is 2.48. The van der Waals surface area contributed by atoms with E-state index in [2.05, 4.69) is 0 Å². The maximum Gasteiger partial charge on any atom is 0.105 e. The lowest BCUT2D eigenvalue weighted by Crippen LogP contribution is -1.86. The van der Waals surface area contributed by atoms with Gasteiger partial charge in [-0.2, -0.15) is 0 Å². The van der Waals surface area contributed by atoms with Crippen molar-refractivity contribution < 1.29 is 4.21 Å². The van der Waals surface area contributed by atoms with E-state index in [9.17, 15) is 4.21 Å². The van der Waals surface area contributed by atoms with E-state index in [1.54, 1.807) is 0 Å². The molecule has 0 aliphatic heterocycles. The van der Waals surface area contributed by atoms with Crippen LogP contribution >= 0.6 is 22.7 Å². The molecule has 1 nitrogen and oxygen atoms in total. The molecule has 0 unspecified atom stereocenters. The predicted octanol–water partition coefficient (Wildman–Crippen LogP) is 5.23. The molecule has 20 heavy (non-hydrogen) atoms. The summed E-state index contributed by atoms with van der Waals surface area (Å²) >= 11 is 2.98. The van der Waals surface area contributed by atoms with Crippen LogP contribution in [-0.4, -0.2) is 4.21 Å². The molecule has 0 aromatic carbocycles. The standard InChI is InChI=1S/C16H14OS3/c17-20(15-11-7-3-1-5-9-13-18-15)16-12-8-4-2-6-10-14-19-16/h1-14H. The van der Waals surface area contributed by atoms with Gasteiger partial charge in [0, 0.05) is 0 Å². The molecule has 2 rings (SSSR count). The molecule has 2 aromatic heterocycles. The number of hydrogen-bond acceptors (Lipinski definition) is 3. The zero-order valence-corrected chi connectivity index (χ0v) is 13.2. The van der Waals surface area contributed by atoms with Gasteiger partial charge in [0.25, 0.3) is 0 Å². The molecule has 0 bridgehead atoms. The summed E-state index contributed by atoms with van der Waals surface area (Å²) in [6.45, 7) is 0. The minimum Gasteiger partial charge on any atom is -0.247 e. The Bertz CT molecular complexity index is 565. The van der Waals surface area contributed by atoms with Crippen LogP contribution in [0.4, 0.5) is 0 Å². The Morgan fingerprint density at radius 1 is 0.600 bits per heavy atom. The van der Waals surface area contributed by atoms with Crippen LogP contribution in [0.5, 0.6) is 0 Å². The fourth-order valence-corrected chi connectivity index (χ4v) is 4.60. The Labute approximate surface area is 129 Å². The molecule has 0 aliphatic rings. The topological polar surface area (TPSA) is 17.1 Å².